The molecular formula is C21H40IN5O. The number of nitrogens with zero attached hydrogens (tertiary/aromatic N) is 3. The number of hydrogen-bond acceptors (Lipinski definition) is 3. The van der Waals surface area contributed by atoms with Gasteiger partial charge in [0.05, 0.1) is 11.8 Å². The van der Waals surface area contributed by atoms with E-state index in [1.807, 2.05) is 18.8 Å². The van der Waals surface area contributed by atoms with E-state index in [1.165, 1.54) is 17.7 Å². The van der Waals surface area contributed by atoms with E-state index in [-0.39, 0.29) is 35.4 Å². The van der Waals surface area contributed by atoms with Crippen molar-refractivity contribution in [2.75, 3.05) is 13.7 Å². The number of aliphatic imine (C=N–C) groups is 1. The lowest BCUT2D eigenvalue weighted by molar-refractivity contribution is -0.113. The van der Waals surface area contributed by atoms with Gasteiger partial charge in [0.1, 0.15) is 0 Å². The van der Waals surface area contributed by atoms with Crippen LogP contribution in [0.1, 0.15) is 63.9 Å². The highest BCUT2D eigenvalue weighted by Gasteiger charge is 2.49. The third-order valence-corrected chi connectivity index (χ3v) is 6.08. The lowest BCUT2D eigenvalue weighted by Gasteiger charge is -2.52. The molecule has 0 saturated heterocycles. The average Bonchev–Trinajstić information content (AvgIpc) is 2.85. The first-order valence-corrected chi connectivity index (χ1v) is 10.3. The van der Waals surface area contributed by atoms with Crippen LogP contribution in [0.2, 0.25) is 0 Å². The van der Waals surface area contributed by atoms with Gasteiger partial charge in [0.15, 0.2) is 5.96 Å². The van der Waals surface area contributed by atoms with Gasteiger partial charge in [-0.2, -0.15) is 5.10 Å². The van der Waals surface area contributed by atoms with Gasteiger partial charge in [-0.3, -0.25) is 9.67 Å². The number of unbranched alkanes of at least 4 members (excludes halogenated alkanes) is 1. The van der Waals surface area contributed by atoms with Crippen molar-refractivity contribution in [1.82, 2.24) is 20.4 Å². The van der Waals surface area contributed by atoms with Crippen LogP contribution in [0.3, 0.4) is 0 Å². The predicted molar refractivity (Wildman–Crippen MR) is 128 cm³/mol. The summed E-state index contributed by atoms with van der Waals surface area (Å²) in [7, 11) is 3.84. The zero-order valence-electron chi connectivity index (χ0n) is 18.9. The molecule has 1 fully saturated rings. The highest BCUT2D eigenvalue weighted by atomic mass is 127. The minimum absolute atomic E-state index is 0. The largest absolute Gasteiger partial charge is 0.378 e. The second-order valence-corrected chi connectivity index (χ2v) is 8.56. The van der Waals surface area contributed by atoms with Crippen molar-refractivity contribution in [1.29, 1.82) is 0 Å². The Morgan fingerprint density at radius 3 is 2.57 bits per heavy atom. The van der Waals surface area contributed by atoms with Crippen LogP contribution in [0.5, 0.6) is 0 Å². The Bertz CT molecular complexity index is 655. The number of ether oxygens (including phenoxy) is 1. The molecule has 3 atom stereocenters. The summed E-state index contributed by atoms with van der Waals surface area (Å²) in [5.41, 5.74) is 3.78. The van der Waals surface area contributed by atoms with Crippen molar-refractivity contribution in [3.05, 3.63) is 17.0 Å². The topological polar surface area (TPSA) is 63.5 Å². The van der Waals surface area contributed by atoms with Gasteiger partial charge in [-0.05, 0) is 45.6 Å². The molecule has 1 aliphatic carbocycles. The average molecular weight is 505 g/mol. The lowest BCUT2D eigenvalue weighted by Crippen LogP contribution is -2.64. The first-order chi connectivity index (χ1) is 12.7. The number of halogens is 1. The minimum Gasteiger partial charge on any atom is -0.378 e. The number of nitrogens with one attached hydrogen (secondary N) is 2. The number of guanidine groups is 1. The summed E-state index contributed by atoms with van der Waals surface area (Å²) in [4.78, 5) is 4.44. The Balaban J connectivity index is 0.00000392. The van der Waals surface area contributed by atoms with Crippen LogP contribution in [0.15, 0.2) is 4.99 Å². The Kier molecular flexibility index (Phi) is 9.73. The Morgan fingerprint density at radius 2 is 2.07 bits per heavy atom. The van der Waals surface area contributed by atoms with Crippen molar-refractivity contribution in [2.24, 2.45) is 17.5 Å². The third-order valence-electron chi connectivity index (χ3n) is 6.08. The SMILES string of the molecule is CCCCOC1CC(NC(=NC)NC(C)Cc2c(C)nn(C)c2C)C1(C)C.I. The first-order valence-electron chi connectivity index (χ1n) is 10.3. The van der Waals surface area contributed by atoms with E-state index >= 15 is 0 Å². The van der Waals surface area contributed by atoms with Crippen LogP contribution < -0.4 is 10.6 Å². The van der Waals surface area contributed by atoms with Crippen LogP contribution >= 0.6 is 24.0 Å². The normalized spacial score (nSPS) is 22.2. The summed E-state index contributed by atoms with van der Waals surface area (Å²) < 4.78 is 8.02. The van der Waals surface area contributed by atoms with Gasteiger partial charge in [-0.15, -0.1) is 24.0 Å². The first kappa shape index (κ1) is 25.2. The molecule has 0 aliphatic heterocycles. The molecule has 0 spiro atoms. The summed E-state index contributed by atoms with van der Waals surface area (Å²) in [6.45, 7) is 14.0. The van der Waals surface area contributed by atoms with E-state index in [0.29, 0.717) is 12.1 Å². The highest BCUT2D eigenvalue weighted by molar-refractivity contribution is 14.0. The Labute approximate surface area is 188 Å². The molecule has 0 bridgehead atoms. The molecule has 1 aromatic heterocycles. The molecule has 1 aliphatic rings. The summed E-state index contributed by atoms with van der Waals surface area (Å²) in [6.07, 6.45) is 4.62. The fourth-order valence-corrected chi connectivity index (χ4v) is 3.82. The van der Waals surface area contributed by atoms with Crippen molar-refractivity contribution in [3.63, 3.8) is 0 Å². The number of hydrogen-bond donors (Lipinski definition) is 2. The fourth-order valence-electron chi connectivity index (χ4n) is 3.82. The van der Waals surface area contributed by atoms with Crippen molar-refractivity contribution in [2.45, 2.75) is 85.4 Å². The quantitative estimate of drug-likeness (QED) is 0.245. The number of aromatic nitrogens is 2. The molecule has 1 aromatic rings. The van der Waals surface area contributed by atoms with Gasteiger partial charge >= 0.3 is 0 Å². The summed E-state index contributed by atoms with van der Waals surface area (Å²) >= 11 is 0. The molecule has 0 radical (unpaired) electrons. The van der Waals surface area contributed by atoms with Gasteiger partial charge in [-0.25, -0.2) is 0 Å². The lowest BCUT2D eigenvalue weighted by atomic mass is 9.64. The number of aryl methyl sites for hydroxylation is 2. The summed E-state index contributed by atoms with van der Waals surface area (Å²) in [6, 6.07) is 0.655. The zero-order valence-corrected chi connectivity index (χ0v) is 21.3. The molecule has 1 saturated carbocycles. The summed E-state index contributed by atoms with van der Waals surface area (Å²) in [5, 5.41) is 11.7. The summed E-state index contributed by atoms with van der Waals surface area (Å²) in [5.74, 6) is 0.867. The zero-order chi connectivity index (χ0) is 20.2. The second-order valence-electron chi connectivity index (χ2n) is 8.56. The maximum Gasteiger partial charge on any atom is 0.191 e. The highest BCUT2D eigenvalue weighted by Crippen LogP contribution is 2.42. The monoisotopic (exact) mass is 505 g/mol. The molecule has 28 heavy (non-hydrogen) atoms. The van der Waals surface area contributed by atoms with E-state index in [4.69, 9.17) is 4.74 Å². The van der Waals surface area contributed by atoms with Crippen molar-refractivity contribution in [3.8, 4) is 0 Å². The molecule has 2 rings (SSSR count). The molecule has 7 heteroatoms. The Hall–Kier alpha value is -0.830. The van der Waals surface area contributed by atoms with Crippen LogP contribution in [-0.4, -0.2) is 47.6 Å². The van der Waals surface area contributed by atoms with E-state index < -0.39 is 0 Å². The van der Waals surface area contributed by atoms with Crippen LogP contribution in [0, 0.1) is 19.3 Å². The van der Waals surface area contributed by atoms with Gasteiger partial charge in [0.25, 0.3) is 0 Å². The van der Waals surface area contributed by atoms with E-state index in [2.05, 4.69) is 62.3 Å². The Morgan fingerprint density at radius 1 is 1.39 bits per heavy atom. The van der Waals surface area contributed by atoms with Crippen molar-refractivity contribution >= 4 is 29.9 Å². The molecule has 6 nitrogen and oxygen atoms in total. The van der Waals surface area contributed by atoms with E-state index in [1.54, 1.807) is 0 Å². The predicted octanol–water partition coefficient (Wildman–Crippen LogP) is 3.73. The van der Waals surface area contributed by atoms with Gasteiger partial charge in [0.2, 0.25) is 0 Å². The molecule has 162 valence electrons. The maximum atomic E-state index is 6.06. The molecule has 0 amide bonds. The van der Waals surface area contributed by atoms with E-state index in [0.717, 1.165) is 37.5 Å². The molecular weight excluding hydrogens is 465 g/mol. The van der Waals surface area contributed by atoms with Crippen LogP contribution in [0.25, 0.3) is 0 Å². The molecule has 3 unspecified atom stereocenters. The maximum absolute atomic E-state index is 6.06. The fraction of sp³-hybridized carbons (Fsp3) is 0.810. The molecule has 0 aromatic carbocycles. The minimum atomic E-state index is 0. The third kappa shape index (κ3) is 5.84. The van der Waals surface area contributed by atoms with Crippen LogP contribution in [-0.2, 0) is 18.2 Å². The standard InChI is InChI=1S/C21H39N5O.HI/c1-9-10-11-27-19-13-18(21(19,5)6)24-20(22-7)23-14(2)12-17-15(3)25-26(8)16(17)4;/h14,18-19H,9-13H2,1-8H3,(H2,22,23,24);1H. The van der Waals surface area contributed by atoms with Gasteiger partial charge < -0.3 is 15.4 Å². The van der Waals surface area contributed by atoms with Gasteiger partial charge in [-0.1, -0.05) is 27.2 Å². The van der Waals surface area contributed by atoms with Crippen LogP contribution in [0.4, 0.5) is 0 Å². The second kappa shape index (κ2) is 10.8. The molecule has 1 heterocycles. The molecule has 2 N–H and O–H groups in total. The van der Waals surface area contributed by atoms with E-state index in [9.17, 15) is 0 Å². The smallest absolute Gasteiger partial charge is 0.191 e. The van der Waals surface area contributed by atoms with Crippen molar-refractivity contribution < 1.29 is 4.74 Å². The van der Waals surface area contributed by atoms with Gasteiger partial charge in [0, 0.05) is 43.9 Å². The number of rotatable bonds is 8.